The van der Waals surface area contributed by atoms with Gasteiger partial charge in [0.05, 0.1) is 10.0 Å². The molecule has 0 saturated heterocycles. The van der Waals surface area contributed by atoms with Gasteiger partial charge in [-0.25, -0.2) is 0 Å². The molecule has 1 aromatic carbocycles. The first-order valence-electron chi connectivity index (χ1n) is 6.77. The smallest absolute Gasteiger partial charge is 0.0595 e. The molecule has 2 N–H and O–H groups in total. The van der Waals surface area contributed by atoms with E-state index in [0.29, 0.717) is 15.5 Å². The number of benzene rings is 1. The van der Waals surface area contributed by atoms with Crippen molar-refractivity contribution in [3.05, 3.63) is 33.8 Å². The minimum absolute atomic E-state index is 0.224. The molecule has 0 radical (unpaired) electrons. The van der Waals surface area contributed by atoms with Crippen molar-refractivity contribution in [2.24, 2.45) is 11.1 Å². The van der Waals surface area contributed by atoms with Crippen molar-refractivity contribution in [2.75, 3.05) is 0 Å². The van der Waals surface area contributed by atoms with E-state index in [-0.39, 0.29) is 6.04 Å². The van der Waals surface area contributed by atoms with Gasteiger partial charge in [-0.2, -0.15) is 0 Å². The Balaban J connectivity index is 2.10. The van der Waals surface area contributed by atoms with Gasteiger partial charge < -0.3 is 5.73 Å². The third-order valence-corrected chi connectivity index (χ3v) is 5.27. The van der Waals surface area contributed by atoms with Crippen LogP contribution in [0, 0.1) is 5.41 Å². The van der Waals surface area contributed by atoms with Crippen molar-refractivity contribution in [1.82, 2.24) is 0 Å². The highest BCUT2D eigenvalue weighted by atomic mass is 35.5. The second kappa shape index (κ2) is 5.81. The summed E-state index contributed by atoms with van der Waals surface area (Å²) in [5, 5.41) is 1.23. The van der Waals surface area contributed by atoms with Crippen LogP contribution in [0.1, 0.15) is 44.6 Å². The first-order chi connectivity index (χ1) is 8.57. The summed E-state index contributed by atoms with van der Waals surface area (Å²) >= 11 is 12.0. The van der Waals surface area contributed by atoms with E-state index in [0.717, 1.165) is 6.42 Å². The van der Waals surface area contributed by atoms with E-state index in [4.69, 9.17) is 28.9 Å². The zero-order chi connectivity index (χ0) is 13.2. The molecule has 100 valence electrons. The molecule has 1 unspecified atom stereocenters. The maximum absolute atomic E-state index is 6.47. The van der Waals surface area contributed by atoms with Crippen molar-refractivity contribution >= 4 is 23.2 Å². The molecule has 1 aliphatic carbocycles. The molecule has 1 saturated carbocycles. The number of hydrogen-bond acceptors (Lipinski definition) is 1. The number of nitrogens with two attached hydrogens (primary N) is 1. The van der Waals surface area contributed by atoms with Crippen LogP contribution in [0.3, 0.4) is 0 Å². The van der Waals surface area contributed by atoms with E-state index in [1.807, 2.05) is 18.2 Å². The van der Waals surface area contributed by atoms with E-state index in [2.05, 4.69) is 6.92 Å². The molecule has 0 spiro atoms. The first kappa shape index (κ1) is 14.2. The van der Waals surface area contributed by atoms with Gasteiger partial charge in [-0.05, 0) is 48.8 Å². The van der Waals surface area contributed by atoms with Crippen LogP contribution in [0.5, 0.6) is 0 Å². The lowest BCUT2D eigenvalue weighted by Crippen LogP contribution is -2.41. The molecule has 1 fully saturated rings. The Hall–Kier alpha value is -0.240. The van der Waals surface area contributed by atoms with Gasteiger partial charge in [0.2, 0.25) is 0 Å². The summed E-state index contributed by atoms with van der Waals surface area (Å²) in [5.74, 6) is 0. The highest BCUT2D eigenvalue weighted by Gasteiger charge is 2.37. The summed E-state index contributed by atoms with van der Waals surface area (Å²) in [5.41, 5.74) is 8.00. The Bertz CT molecular complexity index is 411. The van der Waals surface area contributed by atoms with Gasteiger partial charge in [0.15, 0.2) is 0 Å². The van der Waals surface area contributed by atoms with E-state index in [1.54, 1.807) is 0 Å². The molecule has 18 heavy (non-hydrogen) atoms. The molecule has 0 aromatic heterocycles. The highest BCUT2D eigenvalue weighted by Crippen LogP contribution is 2.44. The highest BCUT2D eigenvalue weighted by molar-refractivity contribution is 6.42. The van der Waals surface area contributed by atoms with Crippen molar-refractivity contribution in [3.63, 3.8) is 0 Å². The van der Waals surface area contributed by atoms with Crippen LogP contribution in [-0.4, -0.2) is 6.04 Å². The second-order valence-corrected chi connectivity index (χ2v) is 6.30. The normalized spacial score (nSPS) is 20.0. The first-order valence-corrected chi connectivity index (χ1v) is 7.52. The molecule has 1 aromatic rings. The fraction of sp³-hybridized carbons (Fsp3) is 0.600. The van der Waals surface area contributed by atoms with E-state index < -0.39 is 0 Å². The molecular weight excluding hydrogens is 265 g/mol. The topological polar surface area (TPSA) is 26.0 Å². The molecule has 0 heterocycles. The van der Waals surface area contributed by atoms with E-state index in [1.165, 1.54) is 37.7 Å². The van der Waals surface area contributed by atoms with Gasteiger partial charge in [-0.1, -0.05) is 49.0 Å². The van der Waals surface area contributed by atoms with Gasteiger partial charge in [-0.15, -0.1) is 0 Å². The summed E-state index contributed by atoms with van der Waals surface area (Å²) in [4.78, 5) is 0. The second-order valence-electron chi connectivity index (χ2n) is 5.48. The number of hydrogen-bond donors (Lipinski definition) is 1. The predicted octanol–water partition coefficient (Wildman–Crippen LogP) is 4.83. The average molecular weight is 286 g/mol. The van der Waals surface area contributed by atoms with Crippen LogP contribution in [0.15, 0.2) is 18.2 Å². The molecule has 1 atom stereocenters. The zero-order valence-corrected chi connectivity index (χ0v) is 12.4. The Morgan fingerprint density at radius 3 is 2.44 bits per heavy atom. The van der Waals surface area contributed by atoms with Gasteiger partial charge in [0.25, 0.3) is 0 Å². The zero-order valence-electron chi connectivity index (χ0n) is 10.9. The largest absolute Gasteiger partial charge is 0.327 e. The summed E-state index contributed by atoms with van der Waals surface area (Å²) in [6.45, 7) is 2.26. The molecule has 2 rings (SSSR count). The molecule has 3 heteroatoms. The fourth-order valence-corrected chi connectivity index (χ4v) is 3.52. The fourth-order valence-electron chi connectivity index (χ4n) is 3.20. The Morgan fingerprint density at radius 1 is 1.22 bits per heavy atom. The number of rotatable bonds is 4. The Labute approximate surface area is 120 Å². The maximum Gasteiger partial charge on any atom is 0.0595 e. The summed E-state index contributed by atoms with van der Waals surface area (Å²) < 4.78 is 0. The van der Waals surface area contributed by atoms with Gasteiger partial charge in [0, 0.05) is 6.04 Å². The maximum atomic E-state index is 6.47. The lowest BCUT2D eigenvalue weighted by molar-refractivity contribution is 0.219. The molecule has 0 bridgehead atoms. The van der Waals surface area contributed by atoms with Crippen LogP contribution in [0.2, 0.25) is 10.0 Å². The van der Waals surface area contributed by atoms with Gasteiger partial charge >= 0.3 is 0 Å². The molecule has 0 amide bonds. The molecule has 1 aliphatic rings. The minimum atomic E-state index is 0.224. The van der Waals surface area contributed by atoms with Gasteiger partial charge in [0.1, 0.15) is 0 Å². The molecule has 0 aliphatic heterocycles. The standard InChI is InChI=1S/C15H21Cl2N/c1-2-15(7-3-4-8-15)14(18)10-11-5-6-12(16)13(17)9-11/h5-6,9,14H,2-4,7-8,10,18H2,1H3. The average Bonchev–Trinajstić information content (AvgIpc) is 2.84. The van der Waals surface area contributed by atoms with Crippen LogP contribution in [0.4, 0.5) is 0 Å². The summed E-state index contributed by atoms with van der Waals surface area (Å²) in [7, 11) is 0. The van der Waals surface area contributed by atoms with E-state index >= 15 is 0 Å². The summed E-state index contributed by atoms with van der Waals surface area (Å²) in [6.07, 6.45) is 7.25. The lowest BCUT2D eigenvalue weighted by Gasteiger charge is -2.34. The number of halogens is 2. The van der Waals surface area contributed by atoms with Crippen molar-refractivity contribution in [1.29, 1.82) is 0 Å². The van der Waals surface area contributed by atoms with Crippen LogP contribution < -0.4 is 5.73 Å². The third-order valence-electron chi connectivity index (χ3n) is 4.53. The van der Waals surface area contributed by atoms with Crippen molar-refractivity contribution in [2.45, 2.75) is 51.5 Å². The monoisotopic (exact) mass is 285 g/mol. The Morgan fingerprint density at radius 2 is 1.89 bits per heavy atom. The summed E-state index contributed by atoms with van der Waals surface area (Å²) in [6, 6.07) is 6.07. The van der Waals surface area contributed by atoms with Crippen molar-refractivity contribution < 1.29 is 0 Å². The Kier molecular flexibility index (Phi) is 4.58. The lowest BCUT2D eigenvalue weighted by atomic mass is 9.74. The third kappa shape index (κ3) is 2.84. The van der Waals surface area contributed by atoms with Crippen LogP contribution >= 0.6 is 23.2 Å². The minimum Gasteiger partial charge on any atom is -0.327 e. The molecular formula is C15H21Cl2N. The SMILES string of the molecule is CCC1(C(N)Cc2ccc(Cl)c(Cl)c2)CCCC1. The quantitative estimate of drug-likeness (QED) is 0.842. The molecule has 1 nitrogen and oxygen atoms in total. The van der Waals surface area contributed by atoms with Gasteiger partial charge in [-0.3, -0.25) is 0 Å². The predicted molar refractivity (Wildman–Crippen MR) is 79.3 cm³/mol. The van der Waals surface area contributed by atoms with Crippen LogP contribution in [0.25, 0.3) is 0 Å². The van der Waals surface area contributed by atoms with Crippen molar-refractivity contribution in [3.8, 4) is 0 Å². The van der Waals surface area contributed by atoms with Crippen LogP contribution in [-0.2, 0) is 6.42 Å². The van der Waals surface area contributed by atoms with E-state index in [9.17, 15) is 0 Å².